The van der Waals surface area contributed by atoms with Crippen LogP contribution in [-0.4, -0.2) is 47.2 Å². The first kappa shape index (κ1) is 12.2. The predicted molar refractivity (Wildman–Crippen MR) is 72.7 cm³/mol. The van der Waals surface area contributed by atoms with Gasteiger partial charge in [-0.25, -0.2) is 4.98 Å². The molecule has 1 aromatic rings. The lowest BCUT2D eigenvalue weighted by atomic mass is 9.99. The standard InChI is InChI=1S/C14H24N4/c1-12(9-17-4-2-3-5-17)10-18-11-16-8-14(18)13-6-15-7-13/h8,11-13,15H,2-7,9-10H2,1H3. The zero-order valence-corrected chi connectivity index (χ0v) is 11.3. The highest BCUT2D eigenvalue weighted by atomic mass is 15.1. The molecule has 3 heterocycles. The highest BCUT2D eigenvalue weighted by Gasteiger charge is 2.23. The molecule has 2 saturated heterocycles. The molecule has 1 aromatic heterocycles. The third-order valence-electron chi connectivity index (χ3n) is 4.22. The number of nitrogens with zero attached hydrogens (tertiary/aromatic N) is 3. The lowest BCUT2D eigenvalue weighted by molar-refractivity contribution is 0.268. The van der Waals surface area contributed by atoms with Gasteiger partial charge in [-0.05, 0) is 31.8 Å². The van der Waals surface area contributed by atoms with E-state index in [-0.39, 0.29) is 0 Å². The molecule has 0 saturated carbocycles. The van der Waals surface area contributed by atoms with Crippen molar-refractivity contribution in [3.8, 4) is 0 Å². The van der Waals surface area contributed by atoms with E-state index in [9.17, 15) is 0 Å². The van der Waals surface area contributed by atoms with Gasteiger partial charge < -0.3 is 14.8 Å². The van der Waals surface area contributed by atoms with Crippen molar-refractivity contribution < 1.29 is 0 Å². The van der Waals surface area contributed by atoms with E-state index in [4.69, 9.17) is 0 Å². The van der Waals surface area contributed by atoms with Crippen LogP contribution < -0.4 is 5.32 Å². The van der Waals surface area contributed by atoms with Gasteiger partial charge in [-0.3, -0.25) is 0 Å². The van der Waals surface area contributed by atoms with Crippen molar-refractivity contribution in [1.29, 1.82) is 0 Å². The van der Waals surface area contributed by atoms with Crippen LogP contribution in [0.1, 0.15) is 31.4 Å². The fraction of sp³-hybridized carbons (Fsp3) is 0.786. The molecule has 0 aromatic carbocycles. The fourth-order valence-corrected chi connectivity index (χ4v) is 3.12. The van der Waals surface area contributed by atoms with Crippen LogP contribution in [0.15, 0.2) is 12.5 Å². The van der Waals surface area contributed by atoms with Gasteiger partial charge in [0.05, 0.1) is 6.33 Å². The van der Waals surface area contributed by atoms with E-state index in [0.717, 1.165) is 19.6 Å². The Balaban J connectivity index is 1.56. The number of nitrogens with one attached hydrogen (secondary N) is 1. The molecule has 0 radical (unpaired) electrons. The highest BCUT2D eigenvalue weighted by molar-refractivity contribution is 5.11. The molecule has 2 fully saturated rings. The molecule has 100 valence electrons. The quantitative estimate of drug-likeness (QED) is 0.852. The maximum absolute atomic E-state index is 4.33. The van der Waals surface area contributed by atoms with Crippen LogP contribution in [0.3, 0.4) is 0 Å². The lowest BCUT2D eigenvalue weighted by Crippen LogP contribution is -2.41. The van der Waals surface area contributed by atoms with E-state index in [1.165, 1.54) is 38.2 Å². The molecule has 18 heavy (non-hydrogen) atoms. The minimum atomic E-state index is 0.687. The molecule has 0 aliphatic carbocycles. The minimum absolute atomic E-state index is 0.687. The van der Waals surface area contributed by atoms with Crippen LogP contribution in [0.5, 0.6) is 0 Å². The van der Waals surface area contributed by atoms with Gasteiger partial charge in [0.15, 0.2) is 0 Å². The summed E-state index contributed by atoms with van der Waals surface area (Å²) in [6, 6.07) is 0. The summed E-state index contributed by atoms with van der Waals surface area (Å²) in [6.07, 6.45) is 6.83. The highest BCUT2D eigenvalue weighted by Crippen LogP contribution is 2.20. The summed E-state index contributed by atoms with van der Waals surface area (Å²) in [5.74, 6) is 1.40. The summed E-state index contributed by atoms with van der Waals surface area (Å²) in [6.45, 7) is 9.55. The Labute approximate surface area is 109 Å². The summed E-state index contributed by atoms with van der Waals surface area (Å²) in [4.78, 5) is 6.93. The van der Waals surface area contributed by atoms with Gasteiger partial charge in [0.25, 0.3) is 0 Å². The van der Waals surface area contributed by atoms with Crippen LogP contribution >= 0.6 is 0 Å². The largest absolute Gasteiger partial charge is 0.334 e. The van der Waals surface area contributed by atoms with Crippen molar-refractivity contribution in [3.63, 3.8) is 0 Å². The Kier molecular flexibility index (Phi) is 3.66. The van der Waals surface area contributed by atoms with E-state index >= 15 is 0 Å². The molecule has 4 heteroatoms. The zero-order valence-electron chi connectivity index (χ0n) is 11.3. The van der Waals surface area contributed by atoms with Crippen molar-refractivity contribution in [2.75, 3.05) is 32.7 Å². The summed E-state index contributed by atoms with van der Waals surface area (Å²) < 4.78 is 2.37. The van der Waals surface area contributed by atoms with Gasteiger partial charge in [0.1, 0.15) is 0 Å². The molecular formula is C14H24N4. The third-order valence-corrected chi connectivity index (χ3v) is 4.22. The molecule has 0 bridgehead atoms. The topological polar surface area (TPSA) is 33.1 Å². The molecule has 2 aliphatic rings. The third kappa shape index (κ3) is 2.59. The number of imidazole rings is 1. The second-order valence-corrected chi connectivity index (χ2v) is 5.94. The van der Waals surface area contributed by atoms with Crippen molar-refractivity contribution in [2.45, 2.75) is 32.2 Å². The monoisotopic (exact) mass is 248 g/mol. The molecule has 1 unspecified atom stereocenters. The lowest BCUT2D eigenvalue weighted by Gasteiger charge is -2.29. The van der Waals surface area contributed by atoms with Gasteiger partial charge in [0, 0.05) is 44.0 Å². The van der Waals surface area contributed by atoms with Gasteiger partial charge in [-0.1, -0.05) is 6.92 Å². The zero-order chi connectivity index (χ0) is 12.4. The van der Waals surface area contributed by atoms with Gasteiger partial charge >= 0.3 is 0 Å². The van der Waals surface area contributed by atoms with Crippen molar-refractivity contribution >= 4 is 0 Å². The molecule has 4 nitrogen and oxygen atoms in total. The first-order valence-corrected chi connectivity index (χ1v) is 7.26. The molecule has 1 N–H and O–H groups in total. The van der Waals surface area contributed by atoms with Gasteiger partial charge in [-0.15, -0.1) is 0 Å². The Bertz CT molecular complexity index is 377. The average molecular weight is 248 g/mol. The van der Waals surface area contributed by atoms with E-state index in [1.54, 1.807) is 0 Å². The molecular weight excluding hydrogens is 224 g/mol. The first-order valence-electron chi connectivity index (χ1n) is 7.26. The second-order valence-electron chi connectivity index (χ2n) is 5.94. The summed E-state index contributed by atoms with van der Waals surface area (Å²) >= 11 is 0. The SMILES string of the molecule is CC(CN1CCCC1)Cn1cncc1C1CNC1. The summed E-state index contributed by atoms with van der Waals surface area (Å²) in [5, 5.41) is 3.34. The molecule has 0 amide bonds. The summed E-state index contributed by atoms with van der Waals surface area (Å²) in [7, 11) is 0. The van der Waals surface area contributed by atoms with Gasteiger partial charge in [0.2, 0.25) is 0 Å². The van der Waals surface area contributed by atoms with E-state index < -0.39 is 0 Å². The number of aromatic nitrogens is 2. The van der Waals surface area contributed by atoms with E-state index in [2.05, 4.69) is 26.7 Å². The predicted octanol–water partition coefficient (Wildman–Crippen LogP) is 1.30. The normalized spacial score (nSPS) is 23.2. The summed E-state index contributed by atoms with van der Waals surface area (Å²) in [5.41, 5.74) is 1.42. The molecule has 0 spiro atoms. The van der Waals surface area contributed by atoms with Crippen LogP contribution in [-0.2, 0) is 6.54 Å². The van der Waals surface area contributed by atoms with Crippen LogP contribution in [0.2, 0.25) is 0 Å². The molecule has 3 rings (SSSR count). The Morgan fingerprint density at radius 2 is 2.11 bits per heavy atom. The van der Waals surface area contributed by atoms with Crippen molar-refractivity contribution in [3.05, 3.63) is 18.2 Å². The Morgan fingerprint density at radius 1 is 1.33 bits per heavy atom. The van der Waals surface area contributed by atoms with Crippen LogP contribution in [0.4, 0.5) is 0 Å². The fourth-order valence-electron chi connectivity index (χ4n) is 3.12. The van der Waals surface area contributed by atoms with E-state index in [0.29, 0.717) is 11.8 Å². The average Bonchev–Trinajstić information content (AvgIpc) is 2.89. The minimum Gasteiger partial charge on any atom is -0.334 e. The van der Waals surface area contributed by atoms with E-state index in [1.807, 2.05) is 12.5 Å². The number of rotatable bonds is 5. The molecule has 2 aliphatic heterocycles. The smallest absolute Gasteiger partial charge is 0.0948 e. The molecule has 1 atom stereocenters. The maximum atomic E-state index is 4.33. The first-order chi connectivity index (χ1) is 8.83. The van der Waals surface area contributed by atoms with Crippen LogP contribution in [0.25, 0.3) is 0 Å². The Morgan fingerprint density at radius 3 is 2.78 bits per heavy atom. The second kappa shape index (κ2) is 5.41. The number of hydrogen-bond acceptors (Lipinski definition) is 3. The maximum Gasteiger partial charge on any atom is 0.0948 e. The number of hydrogen-bond donors (Lipinski definition) is 1. The van der Waals surface area contributed by atoms with Gasteiger partial charge in [-0.2, -0.15) is 0 Å². The number of likely N-dealkylation sites (tertiary alicyclic amines) is 1. The Hall–Kier alpha value is -0.870. The van der Waals surface area contributed by atoms with Crippen molar-refractivity contribution in [2.24, 2.45) is 5.92 Å². The van der Waals surface area contributed by atoms with Crippen LogP contribution in [0, 0.1) is 5.92 Å². The van der Waals surface area contributed by atoms with Crippen molar-refractivity contribution in [1.82, 2.24) is 19.8 Å².